The molecule has 0 fully saturated rings. The summed E-state index contributed by atoms with van der Waals surface area (Å²) in [4.78, 5) is 14.1. The van der Waals surface area contributed by atoms with Crippen LogP contribution < -0.4 is 0 Å². The molecule has 1 N–H and O–H groups in total. The zero-order valence-corrected chi connectivity index (χ0v) is 8.06. The molecule has 1 aromatic heterocycles. The molecule has 0 aromatic carbocycles. The molecule has 0 bridgehead atoms. The minimum atomic E-state index is -1.02. The van der Waals surface area contributed by atoms with Crippen molar-refractivity contribution in [2.24, 2.45) is 0 Å². The number of ether oxygens (including phenoxy) is 1. The lowest BCUT2D eigenvalue weighted by atomic mass is 10.2. The fourth-order valence-corrected chi connectivity index (χ4v) is 0.790. The monoisotopic (exact) mass is 200 g/mol. The third kappa shape index (κ3) is 3.14. The molecular formula is C8H12N2O4. The number of carboxylic acid groups (broad SMARTS) is 1. The van der Waals surface area contributed by atoms with Crippen LogP contribution in [0.1, 0.15) is 31.5 Å². The second-order valence-corrected chi connectivity index (χ2v) is 3.09. The number of hydrogen-bond acceptors (Lipinski definition) is 5. The van der Waals surface area contributed by atoms with Crippen molar-refractivity contribution in [2.45, 2.75) is 26.4 Å². The topological polar surface area (TPSA) is 85.5 Å². The highest BCUT2D eigenvalue weighted by Gasteiger charge is 2.09. The van der Waals surface area contributed by atoms with Gasteiger partial charge in [0, 0.05) is 5.92 Å². The molecule has 0 spiro atoms. The maximum absolute atomic E-state index is 10.1. The van der Waals surface area contributed by atoms with E-state index in [1.165, 1.54) is 0 Å². The smallest absolute Gasteiger partial charge is 0.329 e. The van der Waals surface area contributed by atoms with Crippen LogP contribution in [0.4, 0.5) is 0 Å². The van der Waals surface area contributed by atoms with Crippen molar-refractivity contribution in [1.29, 1.82) is 0 Å². The van der Waals surface area contributed by atoms with Crippen molar-refractivity contribution in [2.75, 3.05) is 6.61 Å². The molecule has 0 unspecified atom stereocenters. The summed E-state index contributed by atoms with van der Waals surface area (Å²) in [7, 11) is 0. The van der Waals surface area contributed by atoms with E-state index in [-0.39, 0.29) is 19.1 Å². The van der Waals surface area contributed by atoms with E-state index < -0.39 is 5.97 Å². The Kier molecular flexibility index (Phi) is 3.58. The fourth-order valence-electron chi connectivity index (χ4n) is 0.790. The Morgan fingerprint density at radius 1 is 1.64 bits per heavy atom. The molecule has 0 saturated carbocycles. The SMILES string of the molecule is CC(C)c1nc(COCC(=O)O)no1. The summed E-state index contributed by atoms with van der Waals surface area (Å²) in [6.07, 6.45) is 0. The first kappa shape index (κ1) is 10.6. The summed E-state index contributed by atoms with van der Waals surface area (Å²) in [5.74, 6) is 0.0437. The highest BCUT2D eigenvalue weighted by molar-refractivity contribution is 5.67. The van der Waals surface area contributed by atoms with Gasteiger partial charge in [-0.05, 0) is 0 Å². The van der Waals surface area contributed by atoms with Gasteiger partial charge in [-0.2, -0.15) is 4.98 Å². The summed E-state index contributed by atoms with van der Waals surface area (Å²) in [5, 5.41) is 11.9. The van der Waals surface area contributed by atoms with Crippen LogP contribution >= 0.6 is 0 Å². The summed E-state index contributed by atoms with van der Waals surface area (Å²) < 4.78 is 9.68. The van der Waals surface area contributed by atoms with Crippen molar-refractivity contribution in [3.63, 3.8) is 0 Å². The van der Waals surface area contributed by atoms with Crippen LogP contribution in [-0.2, 0) is 16.1 Å². The molecule has 1 aromatic rings. The van der Waals surface area contributed by atoms with Gasteiger partial charge in [-0.1, -0.05) is 19.0 Å². The Bertz CT molecular complexity index is 308. The Labute approximate surface area is 80.9 Å². The Hall–Kier alpha value is -1.43. The van der Waals surface area contributed by atoms with Crippen LogP contribution in [0.15, 0.2) is 4.52 Å². The van der Waals surface area contributed by atoms with Crippen molar-refractivity contribution >= 4 is 5.97 Å². The van der Waals surface area contributed by atoms with E-state index in [1.54, 1.807) is 0 Å². The van der Waals surface area contributed by atoms with Gasteiger partial charge in [0.05, 0.1) is 0 Å². The Balaban J connectivity index is 2.40. The van der Waals surface area contributed by atoms with E-state index in [4.69, 9.17) is 14.4 Å². The molecule has 0 aliphatic heterocycles. The summed E-state index contributed by atoms with van der Waals surface area (Å²) in [6, 6.07) is 0. The molecule has 0 aliphatic carbocycles. The largest absolute Gasteiger partial charge is 0.480 e. The van der Waals surface area contributed by atoms with Gasteiger partial charge in [0.15, 0.2) is 5.82 Å². The van der Waals surface area contributed by atoms with Crippen LogP contribution in [0.2, 0.25) is 0 Å². The van der Waals surface area contributed by atoms with E-state index in [2.05, 4.69) is 10.1 Å². The minimum absolute atomic E-state index is 0.0581. The van der Waals surface area contributed by atoms with Crippen molar-refractivity contribution in [3.05, 3.63) is 11.7 Å². The quantitative estimate of drug-likeness (QED) is 0.756. The van der Waals surface area contributed by atoms with Crippen LogP contribution in [0, 0.1) is 0 Å². The minimum Gasteiger partial charge on any atom is -0.480 e. The summed E-state index contributed by atoms with van der Waals surface area (Å²) >= 11 is 0. The lowest BCUT2D eigenvalue weighted by molar-refractivity contribution is -0.142. The molecule has 78 valence electrons. The zero-order valence-electron chi connectivity index (χ0n) is 8.06. The first-order valence-corrected chi connectivity index (χ1v) is 4.21. The van der Waals surface area contributed by atoms with Crippen LogP contribution in [0.3, 0.4) is 0 Å². The van der Waals surface area contributed by atoms with Crippen LogP contribution in [0.25, 0.3) is 0 Å². The number of carboxylic acids is 1. The standard InChI is InChI=1S/C8H12N2O4/c1-5(2)8-9-6(10-14-8)3-13-4-7(11)12/h5H,3-4H2,1-2H3,(H,11,12). The molecule has 0 aliphatic rings. The molecule has 1 rings (SSSR count). The van der Waals surface area contributed by atoms with E-state index in [0.29, 0.717) is 11.7 Å². The van der Waals surface area contributed by atoms with E-state index in [9.17, 15) is 4.79 Å². The number of nitrogens with zero attached hydrogens (tertiary/aromatic N) is 2. The average molecular weight is 200 g/mol. The van der Waals surface area contributed by atoms with Crippen LogP contribution in [0.5, 0.6) is 0 Å². The van der Waals surface area contributed by atoms with Gasteiger partial charge in [0.1, 0.15) is 13.2 Å². The van der Waals surface area contributed by atoms with Gasteiger partial charge in [0.25, 0.3) is 0 Å². The Morgan fingerprint density at radius 3 is 2.86 bits per heavy atom. The van der Waals surface area contributed by atoms with Gasteiger partial charge in [-0.15, -0.1) is 0 Å². The van der Waals surface area contributed by atoms with Crippen LogP contribution in [-0.4, -0.2) is 27.8 Å². The molecule has 0 amide bonds. The number of aliphatic carboxylic acids is 1. The summed E-state index contributed by atoms with van der Waals surface area (Å²) in [6.45, 7) is 3.55. The molecule has 0 radical (unpaired) electrons. The van der Waals surface area contributed by atoms with Gasteiger partial charge in [-0.3, -0.25) is 0 Å². The molecule has 14 heavy (non-hydrogen) atoms. The zero-order chi connectivity index (χ0) is 10.6. The number of carbonyl (C=O) groups is 1. The number of rotatable bonds is 5. The normalized spacial score (nSPS) is 10.8. The van der Waals surface area contributed by atoms with Gasteiger partial charge in [-0.25, -0.2) is 4.79 Å². The van der Waals surface area contributed by atoms with Gasteiger partial charge >= 0.3 is 5.97 Å². The lowest BCUT2D eigenvalue weighted by Gasteiger charge is -1.94. The molecule has 0 atom stereocenters. The molecule has 0 saturated heterocycles. The molecule has 1 heterocycles. The van der Waals surface area contributed by atoms with Gasteiger partial charge in [0.2, 0.25) is 5.89 Å². The highest BCUT2D eigenvalue weighted by Crippen LogP contribution is 2.10. The third-order valence-electron chi connectivity index (χ3n) is 1.43. The maximum Gasteiger partial charge on any atom is 0.329 e. The van der Waals surface area contributed by atoms with E-state index in [1.807, 2.05) is 13.8 Å². The molecular weight excluding hydrogens is 188 g/mol. The fraction of sp³-hybridized carbons (Fsp3) is 0.625. The summed E-state index contributed by atoms with van der Waals surface area (Å²) in [5.41, 5.74) is 0. The number of hydrogen-bond donors (Lipinski definition) is 1. The molecule has 6 nitrogen and oxygen atoms in total. The van der Waals surface area contributed by atoms with Crippen molar-refractivity contribution < 1.29 is 19.2 Å². The first-order chi connectivity index (χ1) is 6.59. The van der Waals surface area contributed by atoms with Crippen molar-refractivity contribution in [3.8, 4) is 0 Å². The second-order valence-electron chi connectivity index (χ2n) is 3.09. The van der Waals surface area contributed by atoms with E-state index in [0.717, 1.165) is 0 Å². The first-order valence-electron chi connectivity index (χ1n) is 4.21. The number of aromatic nitrogens is 2. The maximum atomic E-state index is 10.1. The highest BCUT2D eigenvalue weighted by atomic mass is 16.5. The van der Waals surface area contributed by atoms with E-state index >= 15 is 0 Å². The predicted molar refractivity (Wildman–Crippen MR) is 45.7 cm³/mol. The second kappa shape index (κ2) is 4.71. The molecule has 6 heteroatoms. The third-order valence-corrected chi connectivity index (χ3v) is 1.43. The Morgan fingerprint density at radius 2 is 2.36 bits per heavy atom. The van der Waals surface area contributed by atoms with Crippen molar-refractivity contribution in [1.82, 2.24) is 10.1 Å². The average Bonchev–Trinajstić information content (AvgIpc) is 2.52. The lowest BCUT2D eigenvalue weighted by Crippen LogP contribution is -2.07. The van der Waals surface area contributed by atoms with Gasteiger partial charge < -0.3 is 14.4 Å². The predicted octanol–water partition coefficient (Wildman–Crippen LogP) is 0.794.